The van der Waals surface area contributed by atoms with Crippen molar-refractivity contribution >= 4 is 11.6 Å². The minimum atomic E-state index is -0.426. The lowest BCUT2D eigenvalue weighted by molar-refractivity contribution is -0.385. The number of hydrogen-bond acceptors (Lipinski definition) is 4. The number of rotatable bonds is 3. The molecule has 1 aliphatic rings. The molecule has 18 heavy (non-hydrogen) atoms. The molecule has 1 aliphatic heterocycles. The Kier molecular flexibility index (Phi) is 3.31. The van der Waals surface area contributed by atoms with Gasteiger partial charge in [0.2, 0.25) is 5.91 Å². The molecule has 1 atom stereocenters. The van der Waals surface area contributed by atoms with Gasteiger partial charge in [0, 0.05) is 19.5 Å². The van der Waals surface area contributed by atoms with Gasteiger partial charge in [0.1, 0.15) is 11.9 Å². The molecule has 0 aromatic carbocycles. The summed E-state index contributed by atoms with van der Waals surface area (Å²) in [4.78, 5) is 23.7. The number of nitro groups is 1. The molecular formula is C11H16N4O3. The summed E-state index contributed by atoms with van der Waals surface area (Å²) >= 11 is 0. The molecule has 1 saturated heterocycles. The third kappa shape index (κ3) is 2.20. The van der Waals surface area contributed by atoms with Gasteiger partial charge in [0.05, 0.1) is 11.0 Å². The number of carbonyl (C=O) groups excluding carboxylic acids is 1. The van der Waals surface area contributed by atoms with Gasteiger partial charge < -0.3 is 4.90 Å². The fourth-order valence-electron chi connectivity index (χ4n) is 2.26. The Bertz CT molecular complexity index is 483. The van der Waals surface area contributed by atoms with Gasteiger partial charge >= 0.3 is 5.69 Å². The van der Waals surface area contributed by atoms with Crippen LogP contribution in [0.4, 0.5) is 5.69 Å². The lowest BCUT2D eigenvalue weighted by Gasteiger charge is -2.31. The highest BCUT2D eigenvalue weighted by molar-refractivity contribution is 5.76. The Morgan fingerprint density at radius 3 is 2.89 bits per heavy atom. The van der Waals surface area contributed by atoms with Crippen LogP contribution in [0.3, 0.4) is 0 Å². The predicted octanol–water partition coefficient (Wildman–Crippen LogP) is 1.28. The fraction of sp³-hybridized carbons (Fsp3) is 0.636. The number of amides is 1. The van der Waals surface area contributed by atoms with E-state index in [1.165, 1.54) is 6.20 Å². The molecule has 0 spiro atoms. The van der Waals surface area contributed by atoms with Gasteiger partial charge in [0.25, 0.3) is 0 Å². The van der Waals surface area contributed by atoms with Crippen LogP contribution in [0.25, 0.3) is 0 Å². The fourth-order valence-corrected chi connectivity index (χ4v) is 2.26. The van der Waals surface area contributed by atoms with Crippen LogP contribution in [0.1, 0.15) is 31.5 Å². The Morgan fingerprint density at radius 2 is 2.33 bits per heavy atom. The summed E-state index contributed by atoms with van der Waals surface area (Å²) in [6.07, 6.45) is 2.63. The zero-order valence-corrected chi connectivity index (χ0v) is 10.5. The average molecular weight is 252 g/mol. The number of piperidine rings is 1. The van der Waals surface area contributed by atoms with Crippen LogP contribution >= 0.6 is 0 Å². The van der Waals surface area contributed by atoms with Crippen molar-refractivity contribution in [1.82, 2.24) is 14.7 Å². The van der Waals surface area contributed by atoms with Crippen LogP contribution in [-0.4, -0.2) is 38.6 Å². The second kappa shape index (κ2) is 4.75. The maximum absolute atomic E-state index is 11.6. The third-order valence-electron chi connectivity index (χ3n) is 3.32. The van der Waals surface area contributed by atoms with Crippen LogP contribution in [0, 0.1) is 17.0 Å². The molecule has 2 rings (SSSR count). The van der Waals surface area contributed by atoms with Crippen molar-refractivity contribution < 1.29 is 9.72 Å². The van der Waals surface area contributed by atoms with Gasteiger partial charge in [0.15, 0.2) is 0 Å². The van der Waals surface area contributed by atoms with E-state index in [0.29, 0.717) is 31.6 Å². The van der Waals surface area contributed by atoms with E-state index in [9.17, 15) is 14.9 Å². The van der Waals surface area contributed by atoms with Gasteiger partial charge in [-0.3, -0.25) is 19.6 Å². The van der Waals surface area contributed by atoms with E-state index in [1.54, 1.807) is 16.5 Å². The number of likely N-dealkylation sites (N-methyl/N-ethyl adjacent to an activating group) is 1. The second-order valence-electron chi connectivity index (χ2n) is 4.46. The molecule has 1 aromatic heterocycles. The highest BCUT2D eigenvalue weighted by Crippen LogP contribution is 2.25. The van der Waals surface area contributed by atoms with Gasteiger partial charge in [-0.15, -0.1) is 0 Å². The third-order valence-corrected chi connectivity index (χ3v) is 3.32. The van der Waals surface area contributed by atoms with Crippen molar-refractivity contribution in [3.05, 3.63) is 22.0 Å². The summed E-state index contributed by atoms with van der Waals surface area (Å²) in [5, 5.41) is 15.0. The summed E-state index contributed by atoms with van der Waals surface area (Å²) < 4.78 is 1.63. The Hall–Kier alpha value is -1.92. The first kappa shape index (κ1) is 12.5. The van der Waals surface area contributed by atoms with Crippen molar-refractivity contribution in [3.8, 4) is 0 Å². The second-order valence-corrected chi connectivity index (χ2v) is 4.46. The predicted molar refractivity (Wildman–Crippen MR) is 64.1 cm³/mol. The topological polar surface area (TPSA) is 81.3 Å². The molecule has 0 radical (unpaired) electrons. The standard InChI is InChI=1S/C11H16N4O3/c1-3-13-6-9(4-5-11(13)16)14-7-10(15(17)18)8(2)12-14/h7,9H,3-6H2,1-2H3. The van der Waals surface area contributed by atoms with E-state index < -0.39 is 4.92 Å². The highest BCUT2D eigenvalue weighted by Gasteiger charge is 2.28. The van der Waals surface area contributed by atoms with Crippen molar-refractivity contribution in [3.63, 3.8) is 0 Å². The average Bonchev–Trinajstić information content (AvgIpc) is 2.72. The Labute approximate surface area is 105 Å². The zero-order chi connectivity index (χ0) is 13.3. The summed E-state index contributed by atoms with van der Waals surface area (Å²) in [6.45, 7) is 4.79. The lowest BCUT2D eigenvalue weighted by Crippen LogP contribution is -2.40. The SMILES string of the molecule is CCN1CC(n2cc([N+](=O)[O-])c(C)n2)CCC1=O. The van der Waals surface area contributed by atoms with Crippen LogP contribution in [-0.2, 0) is 4.79 Å². The maximum atomic E-state index is 11.6. The molecule has 0 bridgehead atoms. The van der Waals surface area contributed by atoms with Crippen LogP contribution in [0.5, 0.6) is 0 Å². The summed E-state index contributed by atoms with van der Waals surface area (Å²) in [7, 11) is 0. The van der Waals surface area contributed by atoms with Crippen LogP contribution < -0.4 is 0 Å². The molecule has 0 N–H and O–H groups in total. The zero-order valence-electron chi connectivity index (χ0n) is 10.5. The number of carbonyl (C=O) groups is 1. The molecule has 2 heterocycles. The van der Waals surface area contributed by atoms with E-state index in [1.807, 2.05) is 6.92 Å². The molecule has 1 aromatic rings. The number of aryl methyl sites for hydroxylation is 1. The summed E-state index contributed by atoms with van der Waals surface area (Å²) in [5.41, 5.74) is 0.454. The van der Waals surface area contributed by atoms with Crippen molar-refractivity contribution in [2.75, 3.05) is 13.1 Å². The number of nitrogens with zero attached hydrogens (tertiary/aromatic N) is 4. The smallest absolute Gasteiger partial charge is 0.309 e. The minimum absolute atomic E-state index is 0.0370. The van der Waals surface area contributed by atoms with Crippen molar-refractivity contribution in [2.45, 2.75) is 32.7 Å². The minimum Gasteiger partial charge on any atom is -0.341 e. The van der Waals surface area contributed by atoms with Gasteiger partial charge in [-0.1, -0.05) is 0 Å². The Balaban J connectivity index is 2.19. The molecule has 1 fully saturated rings. The van der Waals surface area contributed by atoms with Crippen molar-refractivity contribution in [2.24, 2.45) is 0 Å². The molecule has 1 unspecified atom stereocenters. The van der Waals surface area contributed by atoms with E-state index >= 15 is 0 Å². The number of likely N-dealkylation sites (tertiary alicyclic amines) is 1. The van der Waals surface area contributed by atoms with E-state index in [4.69, 9.17) is 0 Å². The van der Waals surface area contributed by atoms with Gasteiger partial charge in [-0.05, 0) is 20.3 Å². The van der Waals surface area contributed by atoms with Crippen LogP contribution in [0.2, 0.25) is 0 Å². The molecule has 1 amide bonds. The van der Waals surface area contributed by atoms with Crippen molar-refractivity contribution in [1.29, 1.82) is 0 Å². The molecule has 98 valence electrons. The number of aromatic nitrogens is 2. The molecule has 0 saturated carbocycles. The van der Waals surface area contributed by atoms with E-state index in [2.05, 4.69) is 5.10 Å². The molecule has 7 heteroatoms. The first-order valence-electron chi connectivity index (χ1n) is 6.00. The van der Waals surface area contributed by atoms with Gasteiger partial charge in [-0.2, -0.15) is 5.10 Å². The lowest BCUT2D eigenvalue weighted by atomic mass is 10.1. The monoisotopic (exact) mass is 252 g/mol. The normalized spacial score (nSPS) is 20.2. The molecule has 7 nitrogen and oxygen atoms in total. The maximum Gasteiger partial charge on any atom is 0.309 e. The van der Waals surface area contributed by atoms with Crippen LogP contribution in [0.15, 0.2) is 6.20 Å². The summed E-state index contributed by atoms with van der Waals surface area (Å²) in [5.74, 6) is 0.145. The quantitative estimate of drug-likeness (QED) is 0.599. The summed E-state index contributed by atoms with van der Waals surface area (Å²) in [6, 6.07) is 0.0371. The number of hydrogen-bond donors (Lipinski definition) is 0. The Morgan fingerprint density at radius 1 is 1.61 bits per heavy atom. The largest absolute Gasteiger partial charge is 0.341 e. The molecular weight excluding hydrogens is 236 g/mol. The molecule has 0 aliphatic carbocycles. The first-order chi connectivity index (χ1) is 8.52. The highest BCUT2D eigenvalue weighted by atomic mass is 16.6. The van der Waals surface area contributed by atoms with E-state index in [-0.39, 0.29) is 17.6 Å². The van der Waals surface area contributed by atoms with E-state index in [0.717, 1.165) is 0 Å². The first-order valence-corrected chi connectivity index (χ1v) is 6.00. The van der Waals surface area contributed by atoms with Gasteiger partial charge in [-0.25, -0.2) is 0 Å².